The second-order valence-corrected chi connectivity index (χ2v) is 26.1. The predicted molar refractivity (Wildman–Crippen MR) is 330 cm³/mol. The molecule has 0 spiro atoms. The van der Waals surface area contributed by atoms with Gasteiger partial charge in [0.05, 0.1) is 104 Å². The summed E-state index contributed by atoms with van der Waals surface area (Å²) in [6, 6.07) is 25.0. The van der Waals surface area contributed by atoms with E-state index in [9.17, 15) is 55.1 Å². The molecule has 2 aromatic carbocycles. The number of hydrogen-bond acceptors (Lipinski definition) is 19. The van der Waals surface area contributed by atoms with Crippen molar-refractivity contribution in [1.29, 1.82) is 26.3 Å². The Morgan fingerprint density at radius 3 is 1.27 bits per heavy atom. The molecule has 3 aromatic rings. The standard InChI is InChI=1S/C69H93N7O13/c1-47(37-70)21-22-50(38-71)23-24-51(39-72)25-26-52(40-73)27-28-53(41-74)29-30-65(6,63(82)89-34-33-88-55-35-48(2)56(49(3)36-55)76-32-31-75-57(76)54-19-17-16-18-20-54)43-67(8,60(79)85-13)45-69(10,62(81)87-15)46-68(9,61(80)86-14)44-66(7,59(78)84-12)42-64(4,5)58(77)83-11/h16-20,31-32,35-36,47,50-53H,21-30,33-34,42-46H2,1-15H3. The van der Waals surface area contributed by atoms with Gasteiger partial charge in [-0.1, -0.05) is 30.3 Å². The molecule has 0 aliphatic heterocycles. The minimum atomic E-state index is -1.78. The molecule has 0 bridgehead atoms. The molecule has 10 atom stereocenters. The van der Waals surface area contributed by atoms with Crippen molar-refractivity contribution in [2.75, 3.05) is 48.8 Å². The highest BCUT2D eigenvalue weighted by Crippen LogP contribution is 2.54. The summed E-state index contributed by atoms with van der Waals surface area (Å²) in [5.41, 5.74) is -6.02. The Morgan fingerprint density at radius 1 is 0.494 bits per heavy atom. The number of carbonyl (C=O) groups excluding carboxylic acids is 6. The number of nitriles is 5. The first-order valence-corrected chi connectivity index (χ1v) is 30.3. The number of esters is 6. The van der Waals surface area contributed by atoms with E-state index >= 15 is 0 Å². The number of rotatable bonds is 37. The summed E-state index contributed by atoms with van der Waals surface area (Å²) in [5, 5.41) is 49.8. The minimum absolute atomic E-state index is 0.0280. The van der Waals surface area contributed by atoms with Crippen molar-refractivity contribution in [2.45, 2.75) is 166 Å². The topological polar surface area (TPSA) is 304 Å². The fourth-order valence-corrected chi connectivity index (χ4v) is 13.3. The number of hydrogen-bond donors (Lipinski definition) is 0. The molecule has 0 N–H and O–H groups in total. The maximum Gasteiger partial charge on any atom is 0.311 e. The van der Waals surface area contributed by atoms with E-state index in [0.717, 1.165) is 42.4 Å². The summed E-state index contributed by atoms with van der Waals surface area (Å²) < 4.78 is 40.9. The molecular formula is C69H93N7O13. The Balaban J connectivity index is 2.05. The van der Waals surface area contributed by atoms with Crippen LogP contribution in [-0.4, -0.2) is 94.1 Å². The van der Waals surface area contributed by atoms with Crippen LogP contribution in [0.3, 0.4) is 0 Å². The normalized spacial score (nSPS) is 16.3. The lowest BCUT2D eigenvalue weighted by Crippen LogP contribution is -2.49. The van der Waals surface area contributed by atoms with Gasteiger partial charge in [-0.15, -0.1) is 0 Å². The summed E-state index contributed by atoms with van der Waals surface area (Å²) >= 11 is 0. The molecular weight excluding hydrogens is 1130 g/mol. The molecule has 10 unspecified atom stereocenters. The number of nitrogens with zero attached hydrogens (tertiary/aromatic N) is 7. The van der Waals surface area contributed by atoms with E-state index in [-0.39, 0.29) is 70.0 Å². The van der Waals surface area contributed by atoms with E-state index in [2.05, 4.69) is 35.3 Å². The van der Waals surface area contributed by atoms with Gasteiger partial charge in [0.15, 0.2) is 0 Å². The van der Waals surface area contributed by atoms with Gasteiger partial charge in [0.2, 0.25) is 0 Å². The summed E-state index contributed by atoms with van der Waals surface area (Å²) in [7, 11) is 5.87. The molecule has 20 nitrogen and oxygen atoms in total. The van der Waals surface area contributed by atoms with Gasteiger partial charge in [-0.2, -0.15) is 26.3 Å². The van der Waals surface area contributed by atoms with E-state index in [1.807, 2.05) is 67.1 Å². The van der Waals surface area contributed by atoms with Gasteiger partial charge in [0, 0.05) is 47.5 Å². The molecule has 0 aliphatic rings. The SMILES string of the molecule is COC(=O)C(C)(C)CC(C)(CC(C)(CC(C)(CC(C)(CC(C)(CCC(C#N)CCC(C#N)CCC(C#N)CCC(C#N)CCC(C)C#N)C(=O)OCCOc1cc(C)c(-n2ccnc2-c2ccccc2)c(C)c1)C(=O)OC)C(=O)OC)C(=O)OC)C(=O)OC. The molecule has 1 heterocycles. The molecule has 0 saturated carbocycles. The first-order chi connectivity index (χ1) is 41.9. The largest absolute Gasteiger partial charge is 0.490 e. The number of carbonyl (C=O) groups is 6. The molecule has 0 aliphatic carbocycles. The molecule has 1 aromatic heterocycles. The number of ether oxygens (including phenoxy) is 7. The van der Waals surface area contributed by atoms with Crippen LogP contribution in [0.5, 0.6) is 5.75 Å². The Morgan fingerprint density at radius 2 is 0.876 bits per heavy atom. The number of benzene rings is 2. The fourth-order valence-electron chi connectivity index (χ4n) is 13.3. The maximum atomic E-state index is 15.0. The van der Waals surface area contributed by atoms with Crippen LogP contribution in [-0.2, 0) is 57.2 Å². The van der Waals surface area contributed by atoms with Crippen LogP contribution in [0.25, 0.3) is 17.1 Å². The smallest absolute Gasteiger partial charge is 0.311 e. The summed E-state index contributed by atoms with van der Waals surface area (Å²) in [4.78, 5) is 89.7. The molecule has 0 saturated heterocycles. The molecule has 0 amide bonds. The van der Waals surface area contributed by atoms with Crippen molar-refractivity contribution >= 4 is 35.8 Å². The second-order valence-electron chi connectivity index (χ2n) is 26.1. The highest BCUT2D eigenvalue weighted by atomic mass is 16.6. The first kappa shape index (κ1) is 75.0. The van der Waals surface area contributed by atoms with Crippen molar-refractivity contribution in [3.63, 3.8) is 0 Å². The third-order valence-electron chi connectivity index (χ3n) is 17.4. The highest BCUT2D eigenvalue weighted by molar-refractivity contribution is 5.85. The van der Waals surface area contributed by atoms with Crippen molar-refractivity contribution in [3.05, 3.63) is 66.0 Å². The van der Waals surface area contributed by atoms with Crippen molar-refractivity contribution in [3.8, 4) is 53.2 Å². The average molecular weight is 1230 g/mol. The number of aromatic nitrogens is 2. The van der Waals surface area contributed by atoms with Gasteiger partial charge < -0.3 is 33.2 Å². The van der Waals surface area contributed by atoms with Gasteiger partial charge in [-0.3, -0.25) is 33.3 Å². The molecule has 482 valence electrons. The molecule has 20 heteroatoms. The Bertz CT molecular complexity index is 3100. The zero-order chi connectivity index (χ0) is 67.0. The van der Waals surface area contributed by atoms with Crippen LogP contribution in [0.15, 0.2) is 54.9 Å². The van der Waals surface area contributed by atoms with Crippen molar-refractivity contribution < 1.29 is 61.9 Å². The number of methoxy groups -OCH3 is 5. The van der Waals surface area contributed by atoms with E-state index < -0.39 is 92.5 Å². The second kappa shape index (κ2) is 33.9. The summed E-state index contributed by atoms with van der Waals surface area (Å²) in [6.07, 6.45) is 5.57. The van der Waals surface area contributed by atoms with E-state index in [0.29, 0.717) is 50.7 Å². The minimum Gasteiger partial charge on any atom is -0.490 e. The average Bonchev–Trinajstić information content (AvgIpc) is 1.50. The zero-order valence-corrected chi connectivity index (χ0v) is 55.0. The van der Waals surface area contributed by atoms with Gasteiger partial charge in [0.1, 0.15) is 24.8 Å². The Hall–Kier alpha value is -8.28. The molecule has 0 radical (unpaired) electrons. The zero-order valence-electron chi connectivity index (χ0n) is 55.0. The fraction of sp³-hybridized carbons (Fsp3) is 0.623. The summed E-state index contributed by atoms with van der Waals surface area (Å²) in [6.45, 7) is 16.3. The summed E-state index contributed by atoms with van der Waals surface area (Å²) in [5.74, 6) is -5.42. The van der Waals surface area contributed by atoms with Gasteiger partial charge in [-0.05, 0) is 189 Å². The van der Waals surface area contributed by atoms with Crippen LogP contribution in [0.2, 0.25) is 0 Å². The van der Waals surface area contributed by atoms with Gasteiger partial charge in [0.25, 0.3) is 0 Å². The molecule has 0 fully saturated rings. The molecule has 89 heavy (non-hydrogen) atoms. The first-order valence-electron chi connectivity index (χ1n) is 30.3. The van der Waals surface area contributed by atoms with Gasteiger partial charge in [-0.25, -0.2) is 4.98 Å². The lowest BCUT2D eigenvalue weighted by molar-refractivity contribution is -0.172. The van der Waals surface area contributed by atoms with Crippen LogP contribution >= 0.6 is 0 Å². The number of imidazole rings is 1. The monoisotopic (exact) mass is 1230 g/mol. The maximum absolute atomic E-state index is 15.0. The van der Waals surface area contributed by atoms with Crippen LogP contribution in [0.4, 0.5) is 0 Å². The van der Waals surface area contributed by atoms with E-state index in [1.54, 1.807) is 40.8 Å². The van der Waals surface area contributed by atoms with Crippen molar-refractivity contribution in [2.24, 2.45) is 62.1 Å². The lowest BCUT2D eigenvalue weighted by atomic mass is 9.58. The predicted octanol–water partition coefficient (Wildman–Crippen LogP) is 12.6. The Labute approximate surface area is 527 Å². The van der Waals surface area contributed by atoms with E-state index in [1.165, 1.54) is 42.1 Å². The van der Waals surface area contributed by atoms with Crippen LogP contribution in [0.1, 0.15) is 163 Å². The highest BCUT2D eigenvalue weighted by Gasteiger charge is 2.57. The van der Waals surface area contributed by atoms with Gasteiger partial charge >= 0.3 is 35.8 Å². The Kier molecular flexibility index (Phi) is 28.6. The van der Waals surface area contributed by atoms with Crippen LogP contribution < -0.4 is 4.74 Å². The number of aryl methyl sites for hydroxylation is 2. The van der Waals surface area contributed by atoms with Crippen LogP contribution in [0, 0.1) is 133 Å². The lowest BCUT2D eigenvalue weighted by Gasteiger charge is -2.45. The third-order valence-corrected chi connectivity index (χ3v) is 17.4. The van der Waals surface area contributed by atoms with E-state index in [4.69, 9.17) is 33.2 Å². The third kappa shape index (κ3) is 20.6. The molecule has 3 rings (SSSR count). The van der Waals surface area contributed by atoms with Crippen molar-refractivity contribution in [1.82, 2.24) is 9.55 Å². The quantitative estimate of drug-likeness (QED) is 0.0294.